The van der Waals surface area contributed by atoms with E-state index in [9.17, 15) is 22.4 Å². The molecular formula is C19H16ClF4N3O3. The van der Waals surface area contributed by atoms with E-state index in [2.05, 4.69) is 15.0 Å². The van der Waals surface area contributed by atoms with Gasteiger partial charge in [0.25, 0.3) is 0 Å². The van der Waals surface area contributed by atoms with Gasteiger partial charge >= 0.3 is 12.1 Å². The van der Waals surface area contributed by atoms with Crippen molar-refractivity contribution in [1.82, 2.24) is 14.9 Å². The molecule has 0 aliphatic carbocycles. The van der Waals surface area contributed by atoms with E-state index >= 15 is 0 Å². The standard InChI is InChI=1S/C19H16ClF4N3O3/c1-9(2)8-27-17(19(22,23)24)10(7-25-27)16-14(18(28)29-3)15(26-30-16)13-11(20)5-4-6-12(13)21/h4-7,9H,8H2,1-3H3. The monoisotopic (exact) mass is 445 g/mol. The Morgan fingerprint density at radius 3 is 2.60 bits per heavy atom. The summed E-state index contributed by atoms with van der Waals surface area (Å²) in [6.07, 6.45) is -3.89. The molecule has 0 fully saturated rings. The van der Waals surface area contributed by atoms with Gasteiger partial charge in [0.2, 0.25) is 0 Å². The lowest BCUT2D eigenvalue weighted by molar-refractivity contribution is -0.144. The first kappa shape index (κ1) is 21.8. The van der Waals surface area contributed by atoms with Gasteiger partial charge in [-0.15, -0.1) is 0 Å². The zero-order chi connectivity index (χ0) is 22.2. The van der Waals surface area contributed by atoms with Gasteiger partial charge in [0.1, 0.15) is 17.1 Å². The Labute approximate surface area is 173 Å². The number of hydrogen-bond acceptors (Lipinski definition) is 5. The summed E-state index contributed by atoms with van der Waals surface area (Å²) in [5.74, 6) is -2.58. The van der Waals surface area contributed by atoms with Crippen LogP contribution in [0.5, 0.6) is 0 Å². The number of carbonyl (C=O) groups is 1. The number of carbonyl (C=O) groups excluding carboxylic acids is 1. The molecule has 6 nitrogen and oxygen atoms in total. The Balaban J connectivity index is 2.30. The highest BCUT2D eigenvalue weighted by Gasteiger charge is 2.41. The second-order valence-electron chi connectivity index (χ2n) is 6.80. The van der Waals surface area contributed by atoms with Crippen molar-refractivity contribution in [2.75, 3.05) is 7.11 Å². The van der Waals surface area contributed by atoms with Gasteiger partial charge in [-0.25, -0.2) is 9.18 Å². The van der Waals surface area contributed by atoms with Gasteiger partial charge < -0.3 is 9.26 Å². The van der Waals surface area contributed by atoms with Crippen LogP contribution in [0.25, 0.3) is 22.6 Å². The molecule has 3 aromatic rings. The van der Waals surface area contributed by atoms with E-state index in [4.69, 9.17) is 16.1 Å². The van der Waals surface area contributed by atoms with Crippen LogP contribution >= 0.6 is 11.6 Å². The van der Waals surface area contributed by atoms with E-state index in [0.29, 0.717) is 0 Å². The molecule has 0 bridgehead atoms. The third kappa shape index (κ3) is 3.91. The van der Waals surface area contributed by atoms with Crippen molar-refractivity contribution >= 4 is 17.6 Å². The summed E-state index contributed by atoms with van der Waals surface area (Å²) < 4.78 is 66.4. The molecule has 0 aliphatic rings. The highest BCUT2D eigenvalue weighted by atomic mass is 35.5. The Bertz CT molecular complexity index is 1070. The van der Waals surface area contributed by atoms with E-state index in [1.54, 1.807) is 13.8 Å². The van der Waals surface area contributed by atoms with E-state index in [-0.39, 0.29) is 28.7 Å². The Hall–Kier alpha value is -2.88. The van der Waals surface area contributed by atoms with E-state index in [1.807, 2.05) is 0 Å². The molecular weight excluding hydrogens is 430 g/mol. The van der Waals surface area contributed by atoms with Crippen molar-refractivity contribution in [2.24, 2.45) is 5.92 Å². The smallest absolute Gasteiger partial charge is 0.433 e. The number of nitrogens with zero attached hydrogens (tertiary/aromatic N) is 3. The fraction of sp³-hybridized carbons (Fsp3) is 0.316. The maximum Gasteiger partial charge on any atom is 0.433 e. The lowest BCUT2D eigenvalue weighted by Gasteiger charge is -2.13. The van der Waals surface area contributed by atoms with Gasteiger partial charge in [-0.05, 0) is 18.1 Å². The second kappa shape index (κ2) is 8.10. The maximum atomic E-state index is 14.4. The Morgan fingerprint density at radius 1 is 1.33 bits per heavy atom. The summed E-state index contributed by atoms with van der Waals surface area (Å²) in [6.45, 7) is 3.44. The molecule has 0 saturated carbocycles. The van der Waals surface area contributed by atoms with Gasteiger partial charge in [0.05, 0.1) is 29.5 Å². The van der Waals surface area contributed by atoms with Crippen molar-refractivity contribution in [3.8, 4) is 22.6 Å². The predicted molar refractivity (Wildman–Crippen MR) is 99.3 cm³/mol. The van der Waals surface area contributed by atoms with Crippen LogP contribution in [-0.2, 0) is 17.5 Å². The minimum absolute atomic E-state index is 0.0253. The molecule has 3 rings (SSSR count). The van der Waals surface area contributed by atoms with E-state index in [0.717, 1.165) is 24.1 Å². The normalized spacial score (nSPS) is 11.9. The van der Waals surface area contributed by atoms with Gasteiger partial charge in [0.15, 0.2) is 11.5 Å². The van der Waals surface area contributed by atoms with Crippen LogP contribution in [0, 0.1) is 11.7 Å². The van der Waals surface area contributed by atoms with Crippen LogP contribution < -0.4 is 0 Å². The number of benzene rings is 1. The predicted octanol–water partition coefficient (Wildman–Crippen LogP) is 5.46. The maximum absolute atomic E-state index is 14.4. The number of ether oxygens (including phenoxy) is 1. The molecule has 0 radical (unpaired) electrons. The minimum atomic E-state index is -4.81. The largest absolute Gasteiger partial charge is 0.465 e. The number of methoxy groups -OCH3 is 1. The van der Waals surface area contributed by atoms with Crippen molar-refractivity contribution in [3.63, 3.8) is 0 Å². The second-order valence-corrected chi connectivity index (χ2v) is 7.21. The fourth-order valence-corrected chi connectivity index (χ4v) is 3.25. The van der Waals surface area contributed by atoms with Crippen LogP contribution in [0.15, 0.2) is 28.9 Å². The first-order chi connectivity index (χ1) is 14.1. The third-order valence-electron chi connectivity index (χ3n) is 4.17. The van der Waals surface area contributed by atoms with Crippen LogP contribution in [0.4, 0.5) is 17.6 Å². The molecule has 30 heavy (non-hydrogen) atoms. The average Bonchev–Trinajstić information content (AvgIpc) is 3.24. The first-order valence-electron chi connectivity index (χ1n) is 8.72. The number of esters is 1. The third-order valence-corrected chi connectivity index (χ3v) is 4.49. The zero-order valence-corrected chi connectivity index (χ0v) is 16.8. The van der Waals surface area contributed by atoms with Gasteiger partial charge in [0, 0.05) is 6.54 Å². The lowest BCUT2D eigenvalue weighted by Crippen LogP contribution is -2.18. The number of halogens is 5. The summed E-state index contributed by atoms with van der Waals surface area (Å²) in [5.41, 5.74) is -2.79. The fourth-order valence-electron chi connectivity index (χ4n) is 2.99. The summed E-state index contributed by atoms with van der Waals surface area (Å²) in [4.78, 5) is 12.4. The van der Waals surface area contributed by atoms with Crippen LogP contribution in [0.3, 0.4) is 0 Å². The molecule has 0 spiro atoms. The molecule has 0 N–H and O–H groups in total. The van der Waals surface area contributed by atoms with Gasteiger partial charge in [-0.3, -0.25) is 4.68 Å². The molecule has 0 aliphatic heterocycles. The molecule has 0 unspecified atom stereocenters. The Kier molecular flexibility index (Phi) is 5.89. The van der Waals surface area contributed by atoms with Gasteiger partial charge in [-0.2, -0.15) is 18.3 Å². The highest BCUT2D eigenvalue weighted by Crippen LogP contribution is 2.42. The molecule has 2 heterocycles. The SMILES string of the molecule is COC(=O)c1c(-c2c(F)cccc2Cl)noc1-c1cnn(CC(C)C)c1C(F)(F)F. The van der Waals surface area contributed by atoms with Crippen molar-refractivity contribution < 1.29 is 31.6 Å². The molecule has 11 heteroatoms. The van der Waals surface area contributed by atoms with E-state index in [1.165, 1.54) is 12.1 Å². The lowest BCUT2D eigenvalue weighted by atomic mass is 10.0. The van der Waals surface area contributed by atoms with E-state index < -0.39 is 40.5 Å². The Morgan fingerprint density at radius 2 is 2.03 bits per heavy atom. The first-order valence-corrected chi connectivity index (χ1v) is 9.09. The highest BCUT2D eigenvalue weighted by molar-refractivity contribution is 6.33. The van der Waals surface area contributed by atoms with Crippen molar-refractivity contribution in [3.05, 3.63) is 46.5 Å². The average molecular weight is 446 g/mol. The number of alkyl halides is 3. The van der Waals surface area contributed by atoms with Crippen molar-refractivity contribution in [1.29, 1.82) is 0 Å². The summed E-state index contributed by atoms with van der Waals surface area (Å²) in [6, 6.07) is 3.74. The van der Waals surface area contributed by atoms with Crippen LogP contribution in [-0.4, -0.2) is 28.0 Å². The zero-order valence-electron chi connectivity index (χ0n) is 16.1. The van der Waals surface area contributed by atoms with Crippen LogP contribution in [0.1, 0.15) is 29.9 Å². The minimum Gasteiger partial charge on any atom is -0.465 e. The van der Waals surface area contributed by atoms with Gasteiger partial charge in [-0.1, -0.05) is 36.7 Å². The number of rotatable bonds is 5. The summed E-state index contributed by atoms with van der Waals surface area (Å²) >= 11 is 6.03. The molecule has 1 aromatic carbocycles. The molecule has 0 atom stereocenters. The summed E-state index contributed by atoms with van der Waals surface area (Å²) in [5, 5.41) is 7.34. The topological polar surface area (TPSA) is 70.2 Å². The van der Waals surface area contributed by atoms with Crippen molar-refractivity contribution in [2.45, 2.75) is 26.6 Å². The molecule has 0 saturated heterocycles. The molecule has 2 aromatic heterocycles. The number of hydrogen-bond donors (Lipinski definition) is 0. The van der Waals surface area contributed by atoms with Crippen LogP contribution in [0.2, 0.25) is 5.02 Å². The molecule has 160 valence electrons. The molecule has 0 amide bonds. The summed E-state index contributed by atoms with van der Waals surface area (Å²) in [7, 11) is 1.03. The number of aromatic nitrogens is 3. The quantitative estimate of drug-likeness (QED) is 0.385.